The van der Waals surface area contributed by atoms with Crippen molar-refractivity contribution in [2.75, 3.05) is 38.2 Å². The average Bonchev–Trinajstić information content (AvgIpc) is 3.28. The van der Waals surface area contributed by atoms with Gasteiger partial charge in [0, 0.05) is 39.3 Å². The maximum atomic E-state index is 5.66. The molecule has 3 rings (SSSR count). The third-order valence-electron chi connectivity index (χ3n) is 4.66. The molecule has 128 valence electrons. The standard InChI is InChI=1S/C17H28N4OS/c1-18-17(19-9-6-15-4-2-12-22-15)20-14-7-10-21(11-8-14)16-5-3-13-23-16/h3,5,13-15H,2,4,6-12H2,1H3,(H2,18,19,20). The van der Waals surface area contributed by atoms with Crippen LogP contribution >= 0.6 is 11.3 Å². The number of aliphatic imine (C=N–C) groups is 1. The molecular formula is C17H28N4OS. The Bertz CT molecular complexity index is 477. The van der Waals surface area contributed by atoms with Crippen molar-refractivity contribution in [1.29, 1.82) is 0 Å². The highest BCUT2D eigenvalue weighted by Crippen LogP contribution is 2.24. The van der Waals surface area contributed by atoms with Crippen LogP contribution < -0.4 is 15.5 Å². The van der Waals surface area contributed by atoms with Crippen molar-refractivity contribution < 1.29 is 4.74 Å². The van der Waals surface area contributed by atoms with Gasteiger partial charge in [-0.1, -0.05) is 0 Å². The highest BCUT2D eigenvalue weighted by Gasteiger charge is 2.21. The van der Waals surface area contributed by atoms with Crippen LogP contribution in [0, 0.1) is 0 Å². The van der Waals surface area contributed by atoms with Crippen LogP contribution in [-0.2, 0) is 4.74 Å². The summed E-state index contributed by atoms with van der Waals surface area (Å²) >= 11 is 1.83. The van der Waals surface area contributed by atoms with Gasteiger partial charge in [-0.15, -0.1) is 11.3 Å². The summed E-state index contributed by atoms with van der Waals surface area (Å²) in [5.74, 6) is 0.928. The van der Waals surface area contributed by atoms with Crippen molar-refractivity contribution in [1.82, 2.24) is 10.6 Å². The predicted molar refractivity (Wildman–Crippen MR) is 97.6 cm³/mol. The van der Waals surface area contributed by atoms with Gasteiger partial charge in [-0.2, -0.15) is 0 Å². The Labute approximate surface area is 143 Å². The quantitative estimate of drug-likeness (QED) is 0.640. The number of ether oxygens (including phenoxy) is 1. The van der Waals surface area contributed by atoms with E-state index in [9.17, 15) is 0 Å². The number of hydrogen-bond acceptors (Lipinski definition) is 4. The maximum Gasteiger partial charge on any atom is 0.191 e. The van der Waals surface area contributed by atoms with Crippen LogP contribution in [0.3, 0.4) is 0 Å². The van der Waals surface area contributed by atoms with Crippen molar-refractivity contribution in [3.63, 3.8) is 0 Å². The first-order valence-corrected chi connectivity index (χ1v) is 9.60. The molecule has 1 aromatic heterocycles. The fourth-order valence-corrected chi connectivity index (χ4v) is 4.09. The molecule has 1 unspecified atom stereocenters. The molecule has 1 aromatic rings. The largest absolute Gasteiger partial charge is 0.378 e. The molecule has 0 amide bonds. The Kier molecular flexibility index (Phi) is 6.16. The lowest BCUT2D eigenvalue weighted by Crippen LogP contribution is -2.49. The van der Waals surface area contributed by atoms with E-state index in [0.29, 0.717) is 12.1 Å². The van der Waals surface area contributed by atoms with E-state index in [1.807, 2.05) is 18.4 Å². The molecule has 0 radical (unpaired) electrons. The van der Waals surface area contributed by atoms with E-state index >= 15 is 0 Å². The fraction of sp³-hybridized carbons (Fsp3) is 0.706. The summed E-state index contributed by atoms with van der Waals surface area (Å²) in [4.78, 5) is 6.84. The van der Waals surface area contributed by atoms with Gasteiger partial charge in [-0.25, -0.2) is 0 Å². The molecule has 0 saturated carbocycles. The molecule has 2 aliphatic heterocycles. The molecule has 0 bridgehead atoms. The lowest BCUT2D eigenvalue weighted by molar-refractivity contribution is 0.105. The van der Waals surface area contributed by atoms with Gasteiger partial charge in [0.15, 0.2) is 5.96 Å². The van der Waals surface area contributed by atoms with E-state index in [1.165, 1.54) is 17.8 Å². The van der Waals surface area contributed by atoms with Gasteiger partial charge >= 0.3 is 0 Å². The van der Waals surface area contributed by atoms with E-state index in [2.05, 4.69) is 38.0 Å². The highest BCUT2D eigenvalue weighted by atomic mass is 32.1. The van der Waals surface area contributed by atoms with Gasteiger partial charge in [-0.05, 0) is 49.6 Å². The molecule has 0 aromatic carbocycles. The van der Waals surface area contributed by atoms with E-state index in [1.54, 1.807) is 0 Å². The van der Waals surface area contributed by atoms with E-state index in [-0.39, 0.29) is 0 Å². The highest BCUT2D eigenvalue weighted by molar-refractivity contribution is 7.14. The Balaban J connectivity index is 1.36. The summed E-state index contributed by atoms with van der Waals surface area (Å²) in [6.45, 7) is 4.09. The molecule has 0 spiro atoms. The number of piperidine rings is 1. The first-order valence-electron chi connectivity index (χ1n) is 8.72. The minimum absolute atomic E-state index is 0.439. The zero-order chi connectivity index (χ0) is 15.9. The number of guanidine groups is 1. The van der Waals surface area contributed by atoms with E-state index < -0.39 is 0 Å². The van der Waals surface area contributed by atoms with Gasteiger partial charge in [0.2, 0.25) is 0 Å². The van der Waals surface area contributed by atoms with Crippen LogP contribution in [0.2, 0.25) is 0 Å². The Morgan fingerprint density at radius 3 is 2.91 bits per heavy atom. The first-order chi connectivity index (χ1) is 11.3. The Morgan fingerprint density at radius 1 is 1.39 bits per heavy atom. The van der Waals surface area contributed by atoms with Gasteiger partial charge in [0.25, 0.3) is 0 Å². The molecule has 2 aliphatic rings. The number of hydrogen-bond donors (Lipinski definition) is 2. The smallest absolute Gasteiger partial charge is 0.191 e. The minimum atomic E-state index is 0.439. The molecule has 2 saturated heterocycles. The van der Waals surface area contributed by atoms with Gasteiger partial charge < -0.3 is 20.3 Å². The van der Waals surface area contributed by atoms with Crippen LogP contribution in [0.1, 0.15) is 32.1 Å². The molecule has 3 heterocycles. The summed E-state index contributed by atoms with van der Waals surface area (Å²) in [5.41, 5.74) is 0. The monoisotopic (exact) mass is 336 g/mol. The Hall–Kier alpha value is -1.27. The van der Waals surface area contributed by atoms with Crippen molar-refractivity contribution in [3.8, 4) is 0 Å². The first kappa shape index (κ1) is 16.6. The lowest BCUT2D eigenvalue weighted by Gasteiger charge is -2.33. The SMILES string of the molecule is CN=C(NCCC1CCCO1)NC1CCN(c2cccs2)CC1. The van der Waals surface area contributed by atoms with Crippen LogP contribution in [0.25, 0.3) is 0 Å². The molecule has 1 atom stereocenters. The summed E-state index contributed by atoms with van der Waals surface area (Å²) in [7, 11) is 1.85. The number of anilines is 1. The maximum absolute atomic E-state index is 5.66. The van der Waals surface area contributed by atoms with Crippen LogP contribution in [0.15, 0.2) is 22.5 Å². The van der Waals surface area contributed by atoms with Crippen LogP contribution in [0.4, 0.5) is 5.00 Å². The molecule has 6 heteroatoms. The average molecular weight is 337 g/mol. The number of rotatable bonds is 5. The molecule has 2 fully saturated rings. The second-order valence-electron chi connectivity index (χ2n) is 6.28. The van der Waals surface area contributed by atoms with Crippen molar-refractivity contribution >= 4 is 22.3 Å². The van der Waals surface area contributed by atoms with Crippen LogP contribution in [-0.4, -0.2) is 51.4 Å². The topological polar surface area (TPSA) is 48.9 Å². The zero-order valence-corrected chi connectivity index (χ0v) is 14.8. The molecular weight excluding hydrogens is 308 g/mol. The Morgan fingerprint density at radius 2 is 2.26 bits per heavy atom. The minimum Gasteiger partial charge on any atom is -0.378 e. The summed E-state index contributed by atoms with van der Waals surface area (Å²) in [6, 6.07) is 4.86. The second-order valence-corrected chi connectivity index (χ2v) is 7.21. The van der Waals surface area contributed by atoms with Crippen molar-refractivity contribution in [3.05, 3.63) is 17.5 Å². The van der Waals surface area contributed by atoms with Crippen molar-refractivity contribution in [2.45, 2.75) is 44.2 Å². The van der Waals surface area contributed by atoms with Gasteiger partial charge in [0.05, 0.1) is 11.1 Å². The third kappa shape index (κ3) is 4.85. The molecule has 23 heavy (non-hydrogen) atoms. The van der Waals surface area contributed by atoms with Gasteiger partial charge in [0.1, 0.15) is 0 Å². The number of nitrogens with one attached hydrogen (secondary N) is 2. The van der Waals surface area contributed by atoms with Crippen molar-refractivity contribution in [2.24, 2.45) is 4.99 Å². The normalized spacial score (nSPS) is 23.3. The van der Waals surface area contributed by atoms with Crippen LogP contribution in [0.5, 0.6) is 0 Å². The third-order valence-corrected chi connectivity index (χ3v) is 5.59. The fourth-order valence-electron chi connectivity index (χ4n) is 3.31. The number of nitrogens with zero attached hydrogens (tertiary/aromatic N) is 2. The van der Waals surface area contributed by atoms with E-state index in [0.717, 1.165) is 51.5 Å². The van der Waals surface area contributed by atoms with Gasteiger partial charge in [-0.3, -0.25) is 4.99 Å². The predicted octanol–water partition coefficient (Wildman–Crippen LogP) is 2.45. The van der Waals surface area contributed by atoms with E-state index in [4.69, 9.17) is 4.74 Å². The zero-order valence-electron chi connectivity index (χ0n) is 14.0. The number of thiophene rings is 1. The summed E-state index contributed by atoms with van der Waals surface area (Å²) in [5, 5.41) is 10.5. The molecule has 5 nitrogen and oxygen atoms in total. The molecule has 2 N–H and O–H groups in total. The molecule has 0 aliphatic carbocycles. The lowest BCUT2D eigenvalue weighted by atomic mass is 10.1. The second kappa shape index (κ2) is 8.55. The summed E-state index contributed by atoms with van der Waals surface area (Å²) in [6.07, 6.45) is 6.23. The summed E-state index contributed by atoms with van der Waals surface area (Å²) < 4.78 is 5.66.